The number of hydrogen-bond acceptors (Lipinski definition) is 3. The number of hydrogen-bond donors (Lipinski definition) is 2. The molecule has 3 rings (SSSR count). The maximum absolute atomic E-state index is 12.3. The standard InChI is InChI=1S/C22H19ClN2O3/c1-15-9-11-18(12-10-15)28-14-21(26)24-16-5-4-6-17(13-16)25-22(27)19-7-2-3-8-20(19)23/h2-13H,14H2,1H3,(H,24,26)(H,25,27). The molecule has 0 heterocycles. The van der Waals surface area contributed by atoms with Gasteiger partial charge in [0.25, 0.3) is 11.8 Å². The lowest BCUT2D eigenvalue weighted by atomic mass is 10.2. The van der Waals surface area contributed by atoms with E-state index >= 15 is 0 Å². The first kappa shape index (κ1) is 19.5. The molecule has 5 nitrogen and oxygen atoms in total. The van der Waals surface area contributed by atoms with E-state index in [-0.39, 0.29) is 18.4 Å². The van der Waals surface area contributed by atoms with Crippen LogP contribution in [0, 0.1) is 6.92 Å². The fraction of sp³-hybridized carbons (Fsp3) is 0.0909. The van der Waals surface area contributed by atoms with E-state index in [1.54, 1.807) is 48.5 Å². The molecule has 0 aliphatic rings. The minimum absolute atomic E-state index is 0.112. The molecule has 0 fully saturated rings. The number of carbonyl (C=O) groups is 2. The summed E-state index contributed by atoms with van der Waals surface area (Å²) in [5, 5.41) is 5.89. The Kier molecular flexibility index (Phi) is 6.29. The Labute approximate surface area is 168 Å². The number of ether oxygens (including phenoxy) is 1. The average molecular weight is 395 g/mol. The van der Waals surface area contributed by atoms with Crippen LogP contribution in [0.5, 0.6) is 5.75 Å². The molecule has 0 aliphatic carbocycles. The van der Waals surface area contributed by atoms with E-state index < -0.39 is 0 Å². The van der Waals surface area contributed by atoms with Gasteiger partial charge in [-0.2, -0.15) is 0 Å². The number of nitrogens with one attached hydrogen (secondary N) is 2. The summed E-state index contributed by atoms with van der Waals surface area (Å²) in [5.74, 6) is 0.00781. The van der Waals surface area contributed by atoms with E-state index in [9.17, 15) is 9.59 Å². The second-order valence-corrected chi connectivity index (χ2v) is 6.57. The molecule has 2 N–H and O–H groups in total. The van der Waals surface area contributed by atoms with Crippen molar-refractivity contribution in [3.05, 3.63) is 88.9 Å². The maximum atomic E-state index is 12.3. The number of halogens is 1. The summed E-state index contributed by atoms with van der Waals surface area (Å²) < 4.78 is 5.46. The summed E-state index contributed by atoms with van der Waals surface area (Å²) in [6, 6.07) is 21.1. The Morgan fingerprint density at radius 3 is 2.29 bits per heavy atom. The van der Waals surface area contributed by atoms with E-state index in [1.807, 2.05) is 31.2 Å². The van der Waals surface area contributed by atoms with Crippen molar-refractivity contribution < 1.29 is 14.3 Å². The van der Waals surface area contributed by atoms with Crippen LogP contribution in [0.4, 0.5) is 11.4 Å². The first-order valence-electron chi connectivity index (χ1n) is 8.66. The Morgan fingerprint density at radius 1 is 0.893 bits per heavy atom. The number of benzene rings is 3. The lowest BCUT2D eigenvalue weighted by Gasteiger charge is -2.10. The second kappa shape index (κ2) is 9.06. The molecule has 0 bridgehead atoms. The molecule has 2 amide bonds. The predicted molar refractivity (Wildman–Crippen MR) is 111 cm³/mol. The summed E-state index contributed by atoms with van der Waals surface area (Å²) in [7, 11) is 0. The summed E-state index contributed by atoms with van der Waals surface area (Å²) in [6.45, 7) is 1.87. The highest BCUT2D eigenvalue weighted by Crippen LogP contribution is 2.19. The van der Waals surface area contributed by atoms with Crippen molar-refractivity contribution in [3.63, 3.8) is 0 Å². The highest BCUT2D eigenvalue weighted by molar-refractivity contribution is 6.34. The largest absolute Gasteiger partial charge is 0.484 e. The van der Waals surface area contributed by atoms with Gasteiger partial charge in [0.1, 0.15) is 5.75 Å². The Hall–Kier alpha value is -3.31. The van der Waals surface area contributed by atoms with Gasteiger partial charge >= 0.3 is 0 Å². The zero-order valence-electron chi connectivity index (χ0n) is 15.2. The zero-order valence-corrected chi connectivity index (χ0v) is 16.0. The molecule has 0 aromatic heterocycles. The number of amides is 2. The van der Waals surface area contributed by atoms with Crippen LogP contribution in [0.25, 0.3) is 0 Å². The van der Waals surface area contributed by atoms with Crippen LogP contribution < -0.4 is 15.4 Å². The first-order chi connectivity index (χ1) is 13.5. The van der Waals surface area contributed by atoms with Crippen LogP contribution >= 0.6 is 11.6 Å². The minimum atomic E-state index is -0.322. The summed E-state index contributed by atoms with van der Waals surface area (Å²) >= 11 is 6.05. The average Bonchev–Trinajstić information content (AvgIpc) is 2.68. The van der Waals surface area contributed by atoms with Gasteiger partial charge in [0.15, 0.2) is 6.61 Å². The number of rotatable bonds is 6. The van der Waals surface area contributed by atoms with E-state index in [0.29, 0.717) is 27.7 Å². The van der Waals surface area contributed by atoms with Gasteiger partial charge in [0.2, 0.25) is 0 Å². The van der Waals surface area contributed by atoms with Crippen molar-refractivity contribution in [2.75, 3.05) is 17.2 Å². The smallest absolute Gasteiger partial charge is 0.262 e. The molecule has 0 spiro atoms. The lowest BCUT2D eigenvalue weighted by Crippen LogP contribution is -2.20. The van der Waals surface area contributed by atoms with Crippen LogP contribution in [0.15, 0.2) is 72.8 Å². The van der Waals surface area contributed by atoms with Crippen LogP contribution in [0.2, 0.25) is 5.02 Å². The van der Waals surface area contributed by atoms with Gasteiger partial charge in [-0.25, -0.2) is 0 Å². The maximum Gasteiger partial charge on any atom is 0.262 e. The lowest BCUT2D eigenvalue weighted by molar-refractivity contribution is -0.118. The van der Waals surface area contributed by atoms with Gasteiger partial charge in [-0.1, -0.05) is 47.5 Å². The summed E-state index contributed by atoms with van der Waals surface area (Å²) in [5.41, 5.74) is 2.59. The molecule has 0 aliphatic heterocycles. The number of anilines is 2. The summed E-state index contributed by atoms with van der Waals surface area (Å²) in [6.07, 6.45) is 0. The molecule has 28 heavy (non-hydrogen) atoms. The Morgan fingerprint density at radius 2 is 1.57 bits per heavy atom. The molecule has 0 saturated heterocycles. The minimum Gasteiger partial charge on any atom is -0.484 e. The topological polar surface area (TPSA) is 67.4 Å². The van der Waals surface area contributed by atoms with Gasteiger partial charge < -0.3 is 15.4 Å². The van der Waals surface area contributed by atoms with Gasteiger partial charge in [0.05, 0.1) is 10.6 Å². The number of carbonyl (C=O) groups excluding carboxylic acids is 2. The third-order valence-electron chi connectivity index (χ3n) is 3.91. The Bertz CT molecular complexity index is 987. The monoisotopic (exact) mass is 394 g/mol. The third kappa shape index (κ3) is 5.34. The fourth-order valence-corrected chi connectivity index (χ4v) is 2.72. The number of aryl methyl sites for hydroxylation is 1. The zero-order chi connectivity index (χ0) is 19.9. The van der Waals surface area contributed by atoms with E-state index in [0.717, 1.165) is 5.56 Å². The van der Waals surface area contributed by atoms with Crippen molar-refractivity contribution in [1.29, 1.82) is 0 Å². The molecular weight excluding hydrogens is 376 g/mol. The van der Waals surface area contributed by atoms with E-state index in [4.69, 9.17) is 16.3 Å². The highest BCUT2D eigenvalue weighted by Gasteiger charge is 2.10. The van der Waals surface area contributed by atoms with Gasteiger partial charge in [-0.3, -0.25) is 9.59 Å². The molecule has 3 aromatic rings. The van der Waals surface area contributed by atoms with Crippen LogP contribution in [-0.2, 0) is 4.79 Å². The molecule has 3 aromatic carbocycles. The quantitative estimate of drug-likeness (QED) is 0.623. The molecule has 0 unspecified atom stereocenters. The molecule has 6 heteroatoms. The molecule has 0 atom stereocenters. The molecule has 0 saturated carbocycles. The van der Waals surface area contributed by atoms with Crippen LogP contribution in [-0.4, -0.2) is 18.4 Å². The fourth-order valence-electron chi connectivity index (χ4n) is 2.50. The van der Waals surface area contributed by atoms with Crippen molar-refractivity contribution in [1.82, 2.24) is 0 Å². The van der Waals surface area contributed by atoms with Crippen molar-refractivity contribution in [2.24, 2.45) is 0 Å². The second-order valence-electron chi connectivity index (χ2n) is 6.16. The predicted octanol–water partition coefficient (Wildman–Crippen LogP) is 4.92. The first-order valence-corrected chi connectivity index (χ1v) is 9.04. The van der Waals surface area contributed by atoms with Crippen molar-refractivity contribution in [2.45, 2.75) is 6.92 Å². The SMILES string of the molecule is Cc1ccc(OCC(=O)Nc2cccc(NC(=O)c3ccccc3Cl)c2)cc1. The Balaban J connectivity index is 1.58. The van der Waals surface area contributed by atoms with Gasteiger partial charge in [-0.15, -0.1) is 0 Å². The van der Waals surface area contributed by atoms with Crippen molar-refractivity contribution in [3.8, 4) is 5.75 Å². The molecular formula is C22H19ClN2O3. The van der Waals surface area contributed by atoms with Gasteiger partial charge in [-0.05, 0) is 49.4 Å². The highest BCUT2D eigenvalue weighted by atomic mass is 35.5. The van der Waals surface area contributed by atoms with Crippen LogP contribution in [0.3, 0.4) is 0 Å². The third-order valence-corrected chi connectivity index (χ3v) is 4.24. The van der Waals surface area contributed by atoms with E-state index in [2.05, 4.69) is 10.6 Å². The van der Waals surface area contributed by atoms with E-state index in [1.165, 1.54) is 0 Å². The summed E-state index contributed by atoms with van der Waals surface area (Å²) in [4.78, 5) is 24.5. The van der Waals surface area contributed by atoms with Gasteiger partial charge in [0, 0.05) is 11.4 Å². The normalized spacial score (nSPS) is 10.2. The van der Waals surface area contributed by atoms with Crippen LogP contribution in [0.1, 0.15) is 15.9 Å². The molecule has 0 radical (unpaired) electrons. The molecule has 142 valence electrons. The van der Waals surface area contributed by atoms with Crippen molar-refractivity contribution >= 4 is 34.8 Å².